The van der Waals surface area contributed by atoms with E-state index in [0.29, 0.717) is 25.9 Å². The highest BCUT2D eigenvalue weighted by Gasteiger charge is 2.22. The summed E-state index contributed by atoms with van der Waals surface area (Å²) in [5.74, 6) is 0.0937. The van der Waals surface area contributed by atoms with E-state index < -0.39 is 5.97 Å². The largest absolute Gasteiger partial charge is 0.496 e. The van der Waals surface area contributed by atoms with Crippen LogP contribution in [0.1, 0.15) is 24.8 Å². The molecule has 1 aliphatic heterocycles. The minimum absolute atomic E-state index is 0.0482. The Morgan fingerprint density at radius 1 is 1.04 bits per heavy atom. The van der Waals surface area contributed by atoms with Crippen molar-refractivity contribution in [2.45, 2.75) is 25.8 Å². The summed E-state index contributed by atoms with van der Waals surface area (Å²) >= 11 is 0. The number of benzene rings is 2. The van der Waals surface area contributed by atoms with E-state index in [2.05, 4.69) is 23.1 Å². The molecular formula is C21H26N2O4. The molecule has 0 aromatic heterocycles. The van der Waals surface area contributed by atoms with Gasteiger partial charge in [0, 0.05) is 51.1 Å². The summed E-state index contributed by atoms with van der Waals surface area (Å²) in [6, 6.07) is 12.4. The minimum Gasteiger partial charge on any atom is -0.496 e. The minimum atomic E-state index is -0.850. The van der Waals surface area contributed by atoms with Crippen LogP contribution < -0.4 is 4.74 Å². The van der Waals surface area contributed by atoms with E-state index in [-0.39, 0.29) is 12.3 Å². The van der Waals surface area contributed by atoms with Gasteiger partial charge in [0.25, 0.3) is 0 Å². The van der Waals surface area contributed by atoms with Gasteiger partial charge in [0.1, 0.15) is 5.75 Å². The van der Waals surface area contributed by atoms with Crippen LogP contribution in [0.3, 0.4) is 0 Å². The molecule has 2 aromatic carbocycles. The van der Waals surface area contributed by atoms with E-state index in [4.69, 9.17) is 9.84 Å². The molecule has 0 radical (unpaired) electrons. The molecule has 3 rings (SSSR count). The molecule has 2 aromatic rings. The molecule has 0 spiro atoms. The van der Waals surface area contributed by atoms with Crippen molar-refractivity contribution >= 4 is 22.6 Å². The number of rotatable bonds is 7. The number of amides is 1. The first kappa shape index (κ1) is 19.2. The van der Waals surface area contributed by atoms with Gasteiger partial charge in [-0.3, -0.25) is 14.5 Å². The second kappa shape index (κ2) is 8.86. The average Bonchev–Trinajstić information content (AvgIpc) is 2.68. The molecule has 0 saturated carbocycles. The molecule has 27 heavy (non-hydrogen) atoms. The summed E-state index contributed by atoms with van der Waals surface area (Å²) in [5.41, 5.74) is 1.18. The maximum atomic E-state index is 12.2. The molecule has 0 unspecified atom stereocenters. The van der Waals surface area contributed by atoms with Crippen molar-refractivity contribution in [1.29, 1.82) is 0 Å². The first-order valence-electron chi connectivity index (χ1n) is 9.35. The third kappa shape index (κ3) is 4.77. The normalized spacial score (nSPS) is 15.1. The van der Waals surface area contributed by atoms with Gasteiger partial charge in [0.15, 0.2) is 0 Å². The van der Waals surface area contributed by atoms with Crippen LogP contribution in [0.5, 0.6) is 5.75 Å². The Balaban J connectivity index is 1.60. The number of piperazine rings is 1. The topological polar surface area (TPSA) is 70.1 Å². The number of hydrogen-bond acceptors (Lipinski definition) is 4. The monoisotopic (exact) mass is 370 g/mol. The lowest BCUT2D eigenvalue weighted by molar-refractivity contribution is -0.137. The molecule has 0 aliphatic carbocycles. The quantitative estimate of drug-likeness (QED) is 0.812. The van der Waals surface area contributed by atoms with Gasteiger partial charge in [-0.2, -0.15) is 0 Å². The van der Waals surface area contributed by atoms with Gasteiger partial charge < -0.3 is 14.7 Å². The number of hydrogen-bond donors (Lipinski definition) is 1. The zero-order valence-electron chi connectivity index (χ0n) is 15.7. The number of aliphatic carboxylic acids is 1. The maximum absolute atomic E-state index is 12.2. The molecule has 1 N–H and O–H groups in total. The first-order valence-corrected chi connectivity index (χ1v) is 9.35. The van der Waals surface area contributed by atoms with Crippen LogP contribution in [0.25, 0.3) is 10.8 Å². The maximum Gasteiger partial charge on any atom is 0.303 e. The highest BCUT2D eigenvalue weighted by atomic mass is 16.5. The first-order chi connectivity index (χ1) is 13.1. The summed E-state index contributed by atoms with van der Waals surface area (Å²) in [5, 5.41) is 11.1. The van der Waals surface area contributed by atoms with Crippen molar-refractivity contribution in [2.75, 3.05) is 33.3 Å². The summed E-state index contributed by atoms with van der Waals surface area (Å²) in [4.78, 5) is 27.0. The number of fused-ring (bicyclic) bond motifs is 1. The second-order valence-corrected chi connectivity index (χ2v) is 6.87. The lowest BCUT2D eigenvalue weighted by Crippen LogP contribution is -2.48. The number of carboxylic acid groups (broad SMARTS) is 1. The lowest BCUT2D eigenvalue weighted by atomic mass is 10.0. The van der Waals surface area contributed by atoms with Crippen LogP contribution in [-0.4, -0.2) is 60.1 Å². The smallest absolute Gasteiger partial charge is 0.303 e. The molecule has 1 aliphatic rings. The zero-order chi connectivity index (χ0) is 19.2. The standard InChI is InChI=1S/C21H26N2O4/c1-27-19-10-9-16-5-2-3-6-17(16)18(19)15-22-11-13-23(14-12-22)20(24)7-4-8-21(25)26/h2-3,5-6,9-10H,4,7-8,11-15H2,1H3,(H,25,26). The molecule has 1 heterocycles. The van der Waals surface area contributed by atoms with E-state index >= 15 is 0 Å². The highest BCUT2D eigenvalue weighted by molar-refractivity contribution is 5.87. The van der Waals surface area contributed by atoms with Gasteiger partial charge >= 0.3 is 5.97 Å². The Hall–Kier alpha value is -2.60. The van der Waals surface area contributed by atoms with Crippen molar-refractivity contribution in [1.82, 2.24) is 9.80 Å². The molecular weight excluding hydrogens is 344 g/mol. The van der Waals surface area contributed by atoms with E-state index in [9.17, 15) is 9.59 Å². The predicted molar refractivity (Wildman–Crippen MR) is 104 cm³/mol. The van der Waals surface area contributed by atoms with Gasteiger partial charge in [-0.15, -0.1) is 0 Å². The second-order valence-electron chi connectivity index (χ2n) is 6.87. The van der Waals surface area contributed by atoms with Crippen molar-refractivity contribution < 1.29 is 19.4 Å². The Kier molecular flexibility index (Phi) is 6.29. The predicted octanol–water partition coefficient (Wildman–Crippen LogP) is 2.75. The van der Waals surface area contributed by atoms with Crippen molar-refractivity contribution in [2.24, 2.45) is 0 Å². The highest BCUT2D eigenvalue weighted by Crippen LogP contribution is 2.29. The molecule has 6 heteroatoms. The number of carbonyl (C=O) groups excluding carboxylic acids is 1. The summed E-state index contributed by atoms with van der Waals surface area (Å²) in [7, 11) is 1.70. The number of methoxy groups -OCH3 is 1. The van der Waals surface area contributed by atoms with E-state index in [1.165, 1.54) is 16.3 Å². The molecule has 0 atom stereocenters. The molecule has 0 bridgehead atoms. The fraction of sp³-hybridized carbons (Fsp3) is 0.429. The van der Waals surface area contributed by atoms with Crippen LogP contribution in [0.2, 0.25) is 0 Å². The van der Waals surface area contributed by atoms with E-state index in [0.717, 1.165) is 25.4 Å². The van der Waals surface area contributed by atoms with Crippen LogP contribution in [0.15, 0.2) is 36.4 Å². The zero-order valence-corrected chi connectivity index (χ0v) is 15.7. The molecule has 1 amide bonds. The number of carboxylic acids is 1. The van der Waals surface area contributed by atoms with Gasteiger partial charge in [-0.1, -0.05) is 30.3 Å². The van der Waals surface area contributed by atoms with Gasteiger partial charge in [0.2, 0.25) is 5.91 Å². The lowest BCUT2D eigenvalue weighted by Gasteiger charge is -2.35. The number of carbonyl (C=O) groups is 2. The van der Waals surface area contributed by atoms with Crippen LogP contribution in [0.4, 0.5) is 0 Å². The molecule has 144 valence electrons. The third-order valence-corrected chi connectivity index (χ3v) is 5.11. The van der Waals surface area contributed by atoms with Crippen molar-refractivity contribution in [3.63, 3.8) is 0 Å². The van der Waals surface area contributed by atoms with E-state index in [1.807, 2.05) is 23.1 Å². The summed E-state index contributed by atoms with van der Waals surface area (Å²) in [6.07, 6.45) is 0.762. The van der Waals surface area contributed by atoms with Crippen LogP contribution in [0, 0.1) is 0 Å². The SMILES string of the molecule is COc1ccc2ccccc2c1CN1CCN(C(=O)CCCC(=O)O)CC1. The van der Waals surface area contributed by atoms with Crippen molar-refractivity contribution in [3.8, 4) is 5.75 Å². The van der Waals surface area contributed by atoms with Gasteiger partial charge in [-0.05, 0) is 23.3 Å². The number of nitrogens with zero attached hydrogens (tertiary/aromatic N) is 2. The fourth-order valence-electron chi connectivity index (χ4n) is 3.60. The third-order valence-electron chi connectivity index (χ3n) is 5.11. The molecule has 6 nitrogen and oxygen atoms in total. The van der Waals surface area contributed by atoms with Crippen molar-refractivity contribution in [3.05, 3.63) is 42.0 Å². The fourth-order valence-corrected chi connectivity index (χ4v) is 3.60. The number of ether oxygens (including phenoxy) is 1. The van der Waals surface area contributed by atoms with E-state index in [1.54, 1.807) is 7.11 Å². The molecule has 1 saturated heterocycles. The Morgan fingerprint density at radius 2 is 1.78 bits per heavy atom. The average molecular weight is 370 g/mol. The van der Waals surface area contributed by atoms with Gasteiger partial charge in [-0.25, -0.2) is 0 Å². The van der Waals surface area contributed by atoms with Crippen LogP contribution in [-0.2, 0) is 16.1 Å². The molecule has 1 fully saturated rings. The van der Waals surface area contributed by atoms with Crippen LogP contribution >= 0.6 is 0 Å². The van der Waals surface area contributed by atoms with Gasteiger partial charge in [0.05, 0.1) is 7.11 Å². The summed E-state index contributed by atoms with van der Waals surface area (Å²) < 4.78 is 5.58. The summed E-state index contributed by atoms with van der Waals surface area (Å²) in [6.45, 7) is 3.75. The Morgan fingerprint density at radius 3 is 2.48 bits per heavy atom. The Labute approximate surface area is 159 Å². The Bertz CT molecular complexity index is 813.